The summed E-state index contributed by atoms with van der Waals surface area (Å²) in [5.41, 5.74) is 5.12. The molecule has 0 bridgehead atoms. The van der Waals surface area contributed by atoms with E-state index in [4.69, 9.17) is 10.5 Å². The van der Waals surface area contributed by atoms with Crippen LogP contribution in [-0.2, 0) is 0 Å². The average Bonchev–Trinajstić information content (AvgIpc) is 2.75. The van der Waals surface area contributed by atoms with Crippen LogP contribution in [0.2, 0.25) is 0 Å². The highest BCUT2D eigenvalue weighted by molar-refractivity contribution is 6.10. The van der Waals surface area contributed by atoms with Gasteiger partial charge in [0.25, 0.3) is 0 Å². The molecule has 0 amide bonds. The molecular weight excluding hydrogens is 239 g/mol. The van der Waals surface area contributed by atoms with Crippen LogP contribution in [0.1, 0.15) is 18.1 Å². The van der Waals surface area contributed by atoms with Crippen molar-refractivity contribution in [2.45, 2.75) is 6.92 Å². The molecule has 0 saturated heterocycles. The van der Waals surface area contributed by atoms with Crippen molar-refractivity contribution in [3.63, 3.8) is 0 Å². The lowest BCUT2D eigenvalue weighted by Gasteiger charge is -2.01. The Hall–Kier alpha value is -2.87. The summed E-state index contributed by atoms with van der Waals surface area (Å²) >= 11 is 0. The van der Waals surface area contributed by atoms with Crippen molar-refractivity contribution in [2.24, 2.45) is 0 Å². The normalized spacial score (nSPS) is 14.6. The second-order valence-electron chi connectivity index (χ2n) is 3.89. The molecular formula is C16H9FN2. The molecule has 2 rings (SSSR count). The highest BCUT2D eigenvalue weighted by Crippen LogP contribution is 2.46. The maximum Gasteiger partial charge on any atom is 0.138 e. The fraction of sp³-hybridized carbons (Fsp3) is 0.0625. The summed E-state index contributed by atoms with van der Waals surface area (Å²) in [6, 6.07) is 8.30. The van der Waals surface area contributed by atoms with Crippen LogP contribution in [0.15, 0.2) is 47.7 Å². The van der Waals surface area contributed by atoms with E-state index >= 15 is 0 Å². The summed E-state index contributed by atoms with van der Waals surface area (Å²) < 4.78 is 14.0. The van der Waals surface area contributed by atoms with Gasteiger partial charge in [0.2, 0.25) is 0 Å². The molecule has 0 fully saturated rings. The number of nitrogens with zero attached hydrogens (tertiary/aromatic N) is 2. The predicted octanol–water partition coefficient (Wildman–Crippen LogP) is 3.75. The molecule has 0 aliphatic heterocycles. The number of nitriles is 2. The van der Waals surface area contributed by atoms with E-state index < -0.39 is 5.82 Å². The molecule has 90 valence electrons. The van der Waals surface area contributed by atoms with Gasteiger partial charge in [-0.3, -0.25) is 0 Å². The molecule has 1 aromatic carbocycles. The number of rotatable bonds is 0. The number of hydrogen-bond donors (Lipinski definition) is 0. The molecule has 0 radical (unpaired) electrons. The van der Waals surface area contributed by atoms with Gasteiger partial charge in [-0.05, 0) is 24.1 Å². The fourth-order valence-corrected chi connectivity index (χ4v) is 2.27. The van der Waals surface area contributed by atoms with E-state index in [0.717, 1.165) is 0 Å². The van der Waals surface area contributed by atoms with E-state index in [1.165, 1.54) is 6.07 Å². The lowest BCUT2D eigenvalue weighted by Crippen LogP contribution is -1.88. The summed E-state index contributed by atoms with van der Waals surface area (Å²) in [5.74, 6) is -0.409. The van der Waals surface area contributed by atoms with E-state index in [9.17, 15) is 4.39 Å². The van der Waals surface area contributed by atoms with Gasteiger partial charge < -0.3 is 0 Å². The number of allylic oxidation sites excluding steroid dienone is 5. The van der Waals surface area contributed by atoms with Crippen LogP contribution in [-0.4, -0.2) is 0 Å². The minimum Gasteiger partial charge on any atom is -0.206 e. The van der Waals surface area contributed by atoms with Gasteiger partial charge in [-0.2, -0.15) is 10.5 Å². The van der Waals surface area contributed by atoms with Gasteiger partial charge in [0.05, 0.1) is 0 Å². The Morgan fingerprint density at radius 1 is 1.32 bits per heavy atom. The molecule has 3 heteroatoms. The summed E-state index contributed by atoms with van der Waals surface area (Å²) in [6.07, 6.45) is 1.73. The lowest BCUT2D eigenvalue weighted by atomic mass is 9.99. The smallest absolute Gasteiger partial charge is 0.138 e. The van der Waals surface area contributed by atoms with Gasteiger partial charge in [0.1, 0.15) is 23.5 Å². The maximum atomic E-state index is 14.0. The van der Waals surface area contributed by atoms with Crippen LogP contribution >= 0.6 is 0 Å². The number of halogens is 1. The lowest BCUT2D eigenvalue weighted by molar-refractivity contribution is 0.624. The van der Waals surface area contributed by atoms with Crippen molar-refractivity contribution in [3.05, 3.63) is 64.7 Å². The molecule has 0 aromatic heterocycles. The van der Waals surface area contributed by atoms with Crippen LogP contribution < -0.4 is 0 Å². The van der Waals surface area contributed by atoms with Gasteiger partial charge in [-0.1, -0.05) is 24.8 Å². The number of benzene rings is 1. The van der Waals surface area contributed by atoms with Crippen LogP contribution in [0.25, 0.3) is 11.1 Å². The minimum absolute atomic E-state index is 0.0369. The second-order valence-corrected chi connectivity index (χ2v) is 3.89. The van der Waals surface area contributed by atoms with Crippen molar-refractivity contribution in [3.8, 4) is 12.1 Å². The Bertz CT molecular complexity index is 745. The largest absolute Gasteiger partial charge is 0.206 e. The molecule has 0 saturated carbocycles. The SMILES string of the molecule is C=C=C1/C(=C\C)C(=C(C#N)C#N)c2cccc(F)c21. The average molecular weight is 248 g/mol. The molecule has 0 unspecified atom stereocenters. The van der Waals surface area contributed by atoms with Gasteiger partial charge in [-0.25, -0.2) is 4.39 Å². The van der Waals surface area contributed by atoms with E-state index in [-0.39, 0.29) is 5.57 Å². The van der Waals surface area contributed by atoms with Crippen LogP contribution in [0.3, 0.4) is 0 Å². The molecule has 2 nitrogen and oxygen atoms in total. The summed E-state index contributed by atoms with van der Waals surface area (Å²) in [5, 5.41) is 18.1. The van der Waals surface area contributed by atoms with Gasteiger partial charge >= 0.3 is 0 Å². The third-order valence-electron chi connectivity index (χ3n) is 3.01. The fourth-order valence-electron chi connectivity index (χ4n) is 2.27. The summed E-state index contributed by atoms with van der Waals surface area (Å²) in [4.78, 5) is 0. The van der Waals surface area contributed by atoms with Crippen molar-refractivity contribution in [2.75, 3.05) is 0 Å². The second kappa shape index (κ2) is 4.78. The summed E-state index contributed by atoms with van der Waals surface area (Å²) in [7, 11) is 0. The van der Waals surface area contributed by atoms with E-state index in [2.05, 4.69) is 12.3 Å². The zero-order valence-electron chi connectivity index (χ0n) is 10.3. The Balaban J connectivity index is 3.00. The topological polar surface area (TPSA) is 47.6 Å². The molecule has 1 aliphatic carbocycles. The van der Waals surface area contributed by atoms with Crippen LogP contribution in [0, 0.1) is 28.5 Å². The molecule has 19 heavy (non-hydrogen) atoms. The van der Waals surface area contributed by atoms with Crippen LogP contribution in [0.4, 0.5) is 4.39 Å². The Labute approximate surface area is 110 Å². The third kappa shape index (κ3) is 1.70. The van der Waals surface area contributed by atoms with Gasteiger partial charge in [0.15, 0.2) is 0 Å². The highest BCUT2D eigenvalue weighted by Gasteiger charge is 2.31. The molecule has 0 spiro atoms. The minimum atomic E-state index is -0.409. The Kier molecular flexibility index (Phi) is 3.17. The zero-order valence-corrected chi connectivity index (χ0v) is 10.3. The van der Waals surface area contributed by atoms with Gasteiger partial charge in [0, 0.05) is 16.7 Å². The highest BCUT2D eigenvalue weighted by atomic mass is 19.1. The van der Waals surface area contributed by atoms with Crippen molar-refractivity contribution in [1.29, 1.82) is 10.5 Å². The monoisotopic (exact) mass is 248 g/mol. The maximum absolute atomic E-state index is 14.0. The summed E-state index contributed by atoms with van der Waals surface area (Å²) in [6.45, 7) is 5.34. The van der Waals surface area contributed by atoms with E-state index in [1.54, 1.807) is 25.1 Å². The first kappa shape index (κ1) is 12.6. The predicted molar refractivity (Wildman–Crippen MR) is 70.9 cm³/mol. The number of hydrogen-bond acceptors (Lipinski definition) is 2. The Morgan fingerprint density at radius 2 is 2.00 bits per heavy atom. The first-order chi connectivity index (χ1) is 9.19. The van der Waals surface area contributed by atoms with Crippen molar-refractivity contribution >= 4 is 11.1 Å². The molecule has 0 atom stereocenters. The van der Waals surface area contributed by atoms with Gasteiger partial charge in [-0.15, -0.1) is 5.73 Å². The molecule has 0 heterocycles. The molecule has 1 aliphatic rings. The molecule has 1 aromatic rings. The van der Waals surface area contributed by atoms with E-state index in [0.29, 0.717) is 27.8 Å². The zero-order chi connectivity index (χ0) is 14.0. The quantitative estimate of drug-likeness (QED) is 0.518. The van der Waals surface area contributed by atoms with E-state index in [1.807, 2.05) is 12.1 Å². The third-order valence-corrected chi connectivity index (χ3v) is 3.01. The van der Waals surface area contributed by atoms with Crippen LogP contribution in [0.5, 0.6) is 0 Å². The molecule has 0 N–H and O–H groups in total. The first-order valence-electron chi connectivity index (χ1n) is 5.60. The Morgan fingerprint density at radius 3 is 2.53 bits per heavy atom. The number of fused-ring (bicyclic) bond motifs is 1. The standard InChI is InChI=1S/C16H9FN2/c1-3-11-12(4-2)16-13(6-5-7-14(16)17)15(11)10(8-18)9-19/h3,5-7H,2H2,1H3/b11-3+. The first-order valence-corrected chi connectivity index (χ1v) is 5.60. The van der Waals surface area contributed by atoms with Crippen molar-refractivity contribution in [1.82, 2.24) is 0 Å². The van der Waals surface area contributed by atoms with Crippen molar-refractivity contribution < 1.29 is 4.39 Å².